The van der Waals surface area contributed by atoms with E-state index in [0.717, 1.165) is 47.9 Å². The van der Waals surface area contributed by atoms with E-state index in [1.54, 1.807) is 33.3 Å². The van der Waals surface area contributed by atoms with Crippen LogP contribution in [0.15, 0.2) is 35.3 Å². The highest BCUT2D eigenvalue weighted by atomic mass is 35.5. The van der Waals surface area contributed by atoms with Gasteiger partial charge in [-0.15, -0.1) is 11.3 Å². The zero-order valence-corrected chi connectivity index (χ0v) is 23.3. The first-order chi connectivity index (χ1) is 16.0. The van der Waals surface area contributed by atoms with Crippen molar-refractivity contribution in [2.24, 2.45) is 13.0 Å². The van der Waals surface area contributed by atoms with Crippen molar-refractivity contribution in [3.8, 4) is 11.1 Å². The van der Waals surface area contributed by atoms with Crippen LogP contribution in [0.3, 0.4) is 0 Å². The second kappa shape index (κ2) is 11.6. The van der Waals surface area contributed by atoms with Crippen LogP contribution in [-0.4, -0.2) is 36.6 Å². The van der Waals surface area contributed by atoms with Crippen LogP contribution in [0.5, 0.6) is 0 Å². The van der Waals surface area contributed by atoms with Gasteiger partial charge in [0.05, 0.1) is 21.7 Å². The Kier molecular flexibility index (Phi) is 9.26. The summed E-state index contributed by atoms with van der Waals surface area (Å²) in [7, 11) is -1.41. The number of rotatable bonds is 11. The zero-order chi connectivity index (χ0) is 25.0. The molecule has 0 aliphatic carbocycles. The molecule has 3 aromatic rings. The Bertz CT molecular complexity index is 1320. The molecule has 1 unspecified atom stereocenters. The van der Waals surface area contributed by atoms with Crippen LogP contribution in [0.2, 0.25) is 10.0 Å². The highest BCUT2D eigenvalue weighted by molar-refractivity contribution is 7.88. The maximum atomic E-state index is 12.9. The molecule has 0 radical (unpaired) electrons. The van der Waals surface area contributed by atoms with Crippen LogP contribution in [0.25, 0.3) is 21.2 Å². The predicted octanol–water partition coefficient (Wildman–Crippen LogP) is 6.59. The first-order valence-corrected chi connectivity index (χ1v) is 15.0. The molecule has 3 rings (SSSR count). The van der Waals surface area contributed by atoms with Crippen molar-refractivity contribution in [3.63, 3.8) is 0 Å². The molecule has 0 aliphatic rings. The van der Waals surface area contributed by atoms with Crippen LogP contribution >= 0.6 is 34.5 Å². The maximum absolute atomic E-state index is 12.9. The summed E-state index contributed by atoms with van der Waals surface area (Å²) in [5.41, 5.74) is 1.87. The molecule has 1 atom stereocenters. The molecule has 0 fully saturated rings. The standard InChI is InChI=1S/C25H32Cl2N2O3S2/c1-5-11-29(34(4,31)32)12-7-8-17(6-2)13-19-15-20-24(33-19)21(16-28(3)25(20)30)18-9-10-22(26)23(27)14-18/h9-10,14-17H,5-8,11-13H2,1-4H3. The van der Waals surface area contributed by atoms with Crippen LogP contribution in [0.1, 0.15) is 44.4 Å². The van der Waals surface area contributed by atoms with Crippen molar-refractivity contribution in [2.75, 3.05) is 19.3 Å². The molecule has 9 heteroatoms. The minimum absolute atomic E-state index is 0.0160. The number of thiophene rings is 1. The fourth-order valence-electron chi connectivity index (χ4n) is 4.26. The molecule has 0 N–H and O–H groups in total. The van der Waals surface area contributed by atoms with Gasteiger partial charge >= 0.3 is 0 Å². The minimum atomic E-state index is -3.17. The summed E-state index contributed by atoms with van der Waals surface area (Å²) in [6.07, 6.45) is 7.58. The van der Waals surface area contributed by atoms with E-state index in [9.17, 15) is 13.2 Å². The molecule has 0 saturated heterocycles. The Morgan fingerprint density at radius 2 is 1.85 bits per heavy atom. The van der Waals surface area contributed by atoms with Crippen LogP contribution < -0.4 is 5.56 Å². The summed E-state index contributed by atoms with van der Waals surface area (Å²) in [6.45, 7) is 5.27. The quantitative estimate of drug-likeness (QED) is 0.274. The van der Waals surface area contributed by atoms with E-state index >= 15 is 0 Å². The molecule has 0 amide bonds. The minimum Gasteiger partial charge on any atom is -0.317 e. The number of sulfonamides is 1. The summed E-state index contributed by atoms with van der Waals surface area (Å²) < 4.78 is 28.1. The lowest BCUT2D eigenvalue weighted by Crippen LogP contribution is -2.32. The van der Waals surface area contributed by atoms with E-state index in [1.807, 2.05) is 31.3 Å². The Morgan fingerprint density at radius 3 is 2.47 bits per heavy atom. The van der Waals surface area contributed by atoms with Gasteiger partial charge in [0.15, 0.2) is 0 Å². The fraction of sp³-hybridized carbons (Fsp3) is 0.480. The SMILES string of the molecule is CCCN(CCCC(CC)Cc1cc2c(=O)n(C)cc(-c3ccc(Cl)c(Cl)c3)c2s1)S(C)(=O)=O. The number of aromatic nitrogens is 1. The van der Waals surface area contributed by atoms with Gasteiger partial charge in [0, 0.05) is 41.5 Å². The van der Waals surface area contributed by atoms with E-state index in [2.05, 4.69) is 6.92 Å². The number of pyridine rings is 1. The van der Waals surface area contributed by atoms with Gasteiger partial charge in [0.25, 0.3) is 5.56 Å². The summed E-state index contributed by atoms with van der Waals surface area (Å²) >= 11 is 14.0. The van der Waals surface area contributed by atoms with Gasteiger partial charge in [0.1, 0.15) is 0 Å². The lowest BCUT2D eigenvalue weighted by atomic mass is 9.95. The van der Waals surface area contributed by atoms with E-state index in [0.29, 0.717) is 34.4 Å². The summed E-state index contributed by atoms with van der Waals surface area (Å²) in [5.74, 6) is 0.424. The van der Waals surface area contributed by atoms with E-state index in [4.69, 9.17) is 23.2 Å². The van der Waals surface area contributed by atoms with Crippen LogP contribution in [0, 0.1) is 5.92 Å². The summed E-state index contributed by atoms with van der Waals surface area (Å²) in [5, 5.41) is 1.69. The average Bonchev–Trinajstić information content (AvgIpc) is 3.20. The third kappa shape index (κ3) is 6.43. The Labute approximate surface area is 216 Å². The Hall–Kier alpha value is -1.38. The van der Waals surface area contributed by atoms with E-state index in [-0.39, 0.29) is 5.56 Å². The summed E-state index contributed by atoms with van der Waals surface area (Å²) in [4.78, 5) is 14.0. The molecule has 0 bridgehead atoms. The van der Waals surface area contributed by atoms with Gasteiger partial charge in [-0.05, 0) is 55.4 Å². The lowest BCUT2D eigenvalue weighted by molar-refractivity contribution is 0.372. The number of aryl methyl sites for hydroxylation is 1. The average molecular weight is 544 g/mol. The molecule has 0 spiro atoms. The maximum Gasteiger partial charge on any atom is 0.259 e. The van der Waals surface area contributed by atoms with Gasteiger partial charge in [-0.1, -0.05) is 49.5 Å². The molecular formula is C25H32Cl2N2O3S2. The molecule has 1 aromatic carbocycles. The van der Waals surface area contributed by atoms with Crippen LogP contribution in [0.4, 0.5) is 0 Å². The number of hydrogen-bond donors (Lipinski definition) is 0. The largest absolute Gasteiger partial charge is 0.317 e. The highest BCUT2D eigenvalue weighted by Gasteiger charge is 2.18. The first-order valence-electron chi connectivity index (χ1n) is 11.6. The number of hydrogen-bond acceptors (Lipinski definition) is 4. The van der Waals surface area contributed by atoms with Gasteiger partial charge in [-0.2, -0.15) is 0 Å². The van der Waals surface area contributed by atoms with Crippen molar-refractivity contribution < 1.29 is 8.42 Å². The number of nitrogens with zero attached hydrogens (tertiary/aromatic N) is 2. The van der Waals surface area contributed by atoms with Gasteiger partial charge in [0.2, 0.25) is 10.0 Å². The number of fused-ring (bicyclic) bond motifs is 1. The topological polar surface area (TPSA) is 59.4 Å². The molecule has 2 aromatic heterocycles. The Morgan fingerprint density at radius 1 is 1.12 bits per heavy atom. The molecule has 5 nitrogen and oxygen atoms in total. The third-order valence-electron chi connectivity index (χ3n) is 6.16. The van der Waals surface area contributed by atoms with Crippen LogP contribution in [-0.2, 0) is 23.5 Å². The zero-order valence-electron chi connectivity index (χ0n) is 20.1. The smallest absolute Gasteiger partial charge is 0.259 e. The normalized spacial score (nSPS) is 13.1. The molecule has 2 heterocycles. The molecule has 0 aliphatic heterocycles. The fourth-order valence-corrected chi connectivity index (χ4v) is 6.82. The van der Waals surface area contributed by atoms with Crippen molar-refractivity contribution >= 4 is 54.6 Å². The van der Waals surface area contributed by atoms with E-state index < -0.39 is 10.0 Å². The monoisotopic (exact) mass is 542 g/mol. The third-order valence-corrected chi connectivity index (χ3v) is 9.39. The van der Waals surface area contributed by atoms with Crippen molar-refractivity contribution in [1.82, 2.24) is 8.87 Å². The summed E-state index contributed by atoms with van der Waals surface area (Å²) in [6, 6.07) is 7.55. The second-order valence-electron chi connectivity index (χ2n) is 8.83. The molecule has 186 valence electrons. The highest BCUT2D eigenvalue weighted by Crippen LogP contribution is 2.37. The van der Waals surface area contributed by atoms with Gasteiger partial charge < -0.3 is 4.57 Å². The first kappa shape index (κ1) is 27.2. The Balaban J connectivity index is 1.83. The second-order valence-corrected chi connectivity index (χ2v) is 12.8. The van der Waals surface area contributed by atoms with E-state index in [1.165, 1.54) is 11.1 Å². The van der Waals surface area contributed by atoms with Crippen molar-refractivity contribution in [1.29, 1.82) is 0 Å². The lowest BCUT2D eigenvalue weighted by Gasteiger charge is -2.20. The number of halogens is 2. The number of benzene rings is 1. The predicted molar refractivity (Wildman–Crippen MR) is 146 cm³/mol. The van der Waals surface area contributed by atoms with Gasteiger partial charge in [-0.3, -0.25) is 4.79 Å². The molecular weight excluding hydrogens is 511 g/mol. The molecule has 0 saturated carbocycles. The van der Waals surface area contributed by atoms with Crippen molar-refractivity contribution in [2.45, 2.75) is 46.0 Å². The van der Waals surface area contributed by atoms with Gasteiger partial charge in [-0.25, -0.2) is 12.7 Å². The molecule has 34 heavy (non-hydrogen) atoms. The van der Waals surface area contributed by atoms with Crippen molar-refractivity contribution in [3.05, 3.63) is 55.7 Å².